The smallest absolute Gasteiger partial charge is 0.207 e. The Morgan fingerprint density at radius 1 is 1.53 bits per heavy atom. The molecule has 4 nitrogen and oxygen atoms in total. The molecule has 15 heavy (non-hydrogen) atoms. The van der Waals surface area contributed by atoms with Crippen molar-refractivity contribution in [2.75, 3.05) is 6.54 Å². The number of hydrogen-bond acceptors (Lipinski definition) is 5. The molecule has 0 saturated heterocycles. The molecule has 0 saturated carbocycles. The second-order valence-corrected chi connectivity index (χ2v) is 5.07. The van der Waals surface area contributed by atoms with Crippen molar-refractivity contribution in [1.29, 1.82) is 5.26 Å². The van der Waals surface area contributed by atoms with Crippen molar-refractivity contribution < 1.29 is 0 Å². The van der Waals surface area contributed by atoms with Crippen LogP contribution >= 0.6 is 22.9 Å². The van der Waals surface area contributed by atoms with Crippen molar-refractivity contribution in [2.45, 2.75) is 32.9 Å². The van der Waals surface area contributed by atoms with E-state index in [9.17, 15) is 0 Å². The quantitative estimate of drug-likeness (QED) is 0.798. The third kappa shape index (κ3) is 4.12. The fourth-order valence-electron chi connectivity index (χ4n) is 1.18. The van der Waals surface area contributed by atoms with Gasteiger partial charge in [0.05, 0.1) is 12.6 Å². The SMILES string of the molecule is CC(C)N(CCC#N)Cc1nnc(Cl)s1. The van der Waals surface area contributed by atoms with Crippen LogP contribution in [-0.4, -0.2) is 27.7 Å². The number of nitrogens with zero attached hydrogens (tertiary/aromatic N) is 4. The van der Waals surface area contributed by atoms with Gasteiger partial charge in [-0.15, -0.1) is 10.2 Å². The molecule has 0 atom stereocenters. The van der Waals surface area contributed by atoms with Crippen molar-refractivity contribution in [1.82, 2.24) is 15.1 Å². The van der Waals surface area contributed by atoms with E-state index in [2.05, 4.69) is 35.0 Å². The molecule has 0 amide bonds. The molecule has 0 aliphatic heterocycles. The molecule has 0 N–H and O–H groups in total. The Morgan fingerprint density at radius 3 is 2.73 bits per heavy atom. The van der Waals surface area contributed by atoms with Crippen LogP contribution in [-0.2, 0) is 6.54 Å². The van der Waals surface area contributed by atoms with Gasteiger partial charge in [-0.05, 0) is 25.4 Å². The first-order chi connectivity index (χ1) is 7.13. The molecule has 0 bridgehead atoms. The minimum atomic E-state index is 0.390. The molecule has 0 radical (unpaired) electrons. The van der Waals surface area contributed by atoms with Crippen LogP contribution in [0.15, 0.2) is 0 Å². The molecular formula is C9H13ClN4S. The molecular weight excluding hydrogens is 232 g/mol. The Balaban J connectivity index is 2.55. The van der Waals surface area contributed by atoms with Gasteiger partial charge in [0.15, 0.2) is 0 Å². The maximum Gasteiger partial charge on any atom is 0.207 e. The summed E-state index contributed by atoms with van der Waals surface area (Å²) in [5.41, 5.74) is 0. The molecule has 0 aromatic carbocycles. The van der Waals surface area contributed by atoms with Gasteiger partial charge in [0.1, 0.15) is 5.01 Å². The van der Waals surface area contributed by atoms with Gasteiger partial charge in [-0.25, -0.2) is 0 Å². The van der Waals surface area contributed by atoms with Gasteiger partial charge in [0.2, 0.25) is 4.47 Å². The Kier molecular flexibility index (Phi) is 4.95. The number of nitriles is 1. The van der Waals surface area contributed by atoms with E-state index in [1.165, 1.54) is 11.3 Å². The molecule has 1 aromatic rings. The zero-order chi connectivity index (χ0) is 11.3. The van der Waals surface area contributed by atoms with Crippen LogP contribution in [0, 0.1) is 11.3 Å². The fraction of sp³-hybridized carbons (Fsp3) is 0.667. The fourth-order valence-corrected chi connectivity index (χ4v) is 2.08. The van der Waals surface area contributed by atoms with E-state index in [1.807, 2.05) is 0 Å². The second-order valence-electron chi connectivity index (χ2n) is 3.42. The molecule has 0 unspecified atom stereocenters. The Morgan fingerprint density at radius 2 is 2.27 bits per heavy atom. The summed E-state index contributed by atoms with van der Waals surface area (Å²) in [5, 5.41) is 17.1. The topological polar surface area (TPSA) is 52.8 Å². The number of halogens is 1. The predicted molar refractivity (Wildman–Crippen MR) is 60.7 cm³/mol. The number of hydrogen-bond donors (Lipinski definition) is 0. The minimum Gasteiger partial charge on any atom is -0.293 e. The predicted octanol–water partition coefficient (Wildman–Crippen LogP) is 2.32. The maximum atomic E-state index is 8.54. The molecule has 1 aromatic heterocycles. The summed E-state index contributed by atoms with van der Waals surface area (Å²) in [4.78, 5) is 2.18. The largest absolute Gasteiger partial charge is 0.293 e. The average Bonchev–Trinajstić information content (AvgIpc) is 2.58. The van der Waals surface area contributed by atoms with E-state index >= 15 is 0 Å². The van der Waals surface area contributed by atoms with E-state index in [-0.39, 0.29) is 0 Å². The van der Waals surface area contributed by atoms with Crippen molar-refractivity contribution >= 4 is 22.9 Å². The summed E-state index contributed by atoms with van der Waals surface area (Å²) in [6.07, 6.45) is 0.532. The lowest BCUT2D eigenvalue weighted by molar-refractivity contribution is 0.217. The van der Waals surface area contributed by atoms with Crippen molar-refractivity contribution in [3.05, 3.63) is 9.47 Å². The summed E-state index contributed by atoms with van der Waals surface area (Å²) in [7, 11) is 0. The van der Waals surface area contributed by atoms with E-state index in [0.29, 0.717) is 23.5 Å². The van der Waals surface area contributed by atoms with Crippen LogP contribution < -0.4 is 0 Å². The van der Waals surface area contributed by atoms with Gasteiger partial charge >= 0.3 is 0 Å². The van der Waals surface area contributed by atoms with Crippen molar-refractivity contribution in [3.63, 3.8) is 0 Å². The zero-order valence-corrected chi connectivity index (χ0v) is 10.3. The Bertz CT molecular complexity index is 344. The van der Waals surface area contributed by atoms with E-state index < -0.39 is 0 Å². The van der Waals surface area contributed by atoms with Crippen LogP contribution in [0.5, 0.6) is 0 Å². The molecule has 1 rings (SSSR count). The number of aromatic nitrogens is 2. The van der Waals surface area contributed by atoms with Gasteiger partial charge in [0.25, 0.3) is 0 Å². The Labute approximate surface area is 98.5 Å². The molecule has 0 spiro atoms. The molecule has 1 heterocycles. The van der Waals surface area contributed by atoms with Crippen LogP contribution in [0.25, 0.3) is 0 Å². The lowest BCUT2D eigenvalue weighted by Gasteiger charge is -2.23. The van der Waals surface area contributed by atoms with Crippen molar-refractivity contribution in [2.24, 2.45) is 0 Å². The average molecular weight is 245 g/mol. The Hall–Kier alpha value is -0.700. The normalized spacial score (nSPS) is 10.9. The monoisotopic (exact) mass is 244 g/mol. The standard InChI is InChI=1S/C9H13ClN4S/c1-7(2)14(5-3-4-11)6-8-12-13-9(10)15-8/h7H,3,5-6H2,1-2H3. The van der Waals surface area contributed by atoms with Crippen LogP contribution in [0.3, 0.4) is 0 Å². The first-order valence-corrected chi connectivity index (χ1v) is 5.91. The van der Waals surface area contributed by atoms with Gasteiger partial charge < -0.3 is 0 Å². The minimum absolute atomic E-state index is 0.390. The third-order valence-corrected chi connectivity index (χ3v) is 3.03. The van der Waals surface area contributed by atoms with E-state index in [4.69, 9.17) is 16.9 Å². The molecule has 0 aliphatic carbocycles. The molecule has 6 heteroatoms. The van der Waals surface area contributed by atoms with Crippen LogP contribution in [0.1, 0.15) is 25.3 Å². The summed E-state index contributed by atoms with van der Waals surface area (Å²) in [6.45, 7) is 5.66. The summed E-state index contributed by atoms with van der Waals surface area (Å²) < 4.78 is 0.467. The first-order valence-electron chi connectivity index (χ1n) is 4.72. The van der Waals surface area contributed by atoms with Gasteiger partial charge in [-0.1, -0.05) is 11.3 Å². The summed E-state index contributed by atoms with van der Waals surface area (Å²) >= 11 is 7.09. The van der Waals surface area contributed by atoms with E-state index in [1.54, 1.807) is 0 Å². The number of rotatable bonds is 5. The van der Waals surface area contributed by atoms with Gasteiger partial charge in [-0.3, -0.25) is 4.90 Å². The lowest BCUT2D eigenvalue weighted by atomic mass is 10.3. The lowest BCUT2D eigenvalue weighted by Crippen LogP contribution is -2.31. The summed E-state index contributed by atoms with van der Waals surface area (Å²) in [6, 6.07) is 2.53. The highest BCUT2D eigenvalue weighted by molar-refractivity contribution is 7.15. The highest BCUT2D eigenvalue weighted by atomic mass is 35.5. The zero-order valence-electron chi connectivity index (χ0n) is 8.77. The second kappa shape index (κ2) is 6.01. The van der Waals surface area contributed by atoms with E-state index in [0.717, 1.165) is 11.6 Å². The van der Waals surface area contributed by atoms with Crippen molar-refractivity contribution in [3.8, 4) is 6.07 Å². The maximum absolute atomic E-state index is 8.54. The highest BCUT2D eigenvalue weighted by Gasteiger charge is 2.12. The highest BCUT2D eigenvalue weighted by Crippen LogP contribution is 2.17. The molecule has 0 aliphatic rings. The van der Waals surface area contributed by atoms with Gasteiger partial charge in [-0.2, -0.15) is 5.26 Å². The first kappa shape index (κ1) is 12.4. The van der Waals surface area contributed by atoms with Crippen LogP contribution in [0.2, 0.25) is 4.47 Å². The summed E-state index contributed by atoms with van der Waals surface area (Å²) in [5.74, 6) is 0. The molecule has 82 valence electrons. The van der Waals surface area contributed by atoms with Crippen LogP contribution in [0.4, 0.5) is 0 Å². The third-order valence-electron chi connectivity index (χ3n) is 2.02. The molecule has 0 fully saturated rings. The van der Waals surface area contributed by atoms with Gasteiger partial charge in [0, 0.05) is 19.0 Å².